The number of rotatable bonds is 5. The van der Waals surface area contributed by atoms with Crippen molar-refractivity contribution in [3.05, 3.63) is 35.4 Å². The van der Waals surface area contributed by atoms with Gasteiger partial charge in [0.2, 0.25) is 0 Å². The van der Waals surface area contributed by atoms with E-state index in [1.165, 1.54) is 49.5 Å². The molecule has 1 aliphatic heterocycles. The fraction of sp³-hybridized carbons (Fsp3) is 0.619. The molecule has 2 fully saturated rings. The van der Waals surface area contributed by atoms with Crippen molar-refractivity contribution in [1.29, 1.82) is 0 Å². The zero-order chi connectivity index (χ0) is 20.3. The largest absolute Gasteiger partial charge is 0.449 e. The summed E-state index contributed by atoms with van der Waals surface area (Å²) in [5, 5.41) is 0. The van der Waals surface area contributed by atoms with Gasteiger partial charge in [0.25, 0.3) is 5.91 Å². The summed E-state index contributed by atoms with van der Waals surface area (Å²) in [5.41, 5.74) is 1.67. The highest BCUT2D eigenvalue weighted by Gasteiger charge is 2.35. The number of amides is 1. The maximum Gasteiger partial charge on any atom is 0.338 e. The van der Waals surface area contributed by atoms with Gasteiger partial charge in [-0.05, 0) is 49.8 Å². The average Bonchev–Trinajstić information content (AvgIpc) is 3.07. The Morgan fingerprint density at radius 1 is 1.07 bits per heavy atom. The molecule has 1 aromatic rings. The van der Waals surface area contributed by atoms with Crippen LogP contribution in [0.2, 0.25) is 0 Å². The van der Waals surface area contributed by atoms with Crippen LogP contribution in [0.4, 0.5) is 0 Å². The number of hydrogen-bond donors (Lipinski definition) is 0. The number of likely N-dealkylation sites (N-methyl/N-ethyl adjacent to an activating group) is 1. The average molecular weight is 408 g/mol. The van der Waals surface area contributed by atoms with Crippen molar-refractivity contribution in [2.75, 3.05) is 18.6 Å². The zero-order valence-corrected chi connectivity index (χ0v) is 17.4. The van der Waals surface area contributed by atoms with Crippen molar-refractivity contribution in [2.24, 2.45) is 0 Å². The number of ether oxygens (including phenoxy) is 1. The number of hydrogen-bond acceptors (Lipinski definition) is 5. The highest BCUT2D eigenvalue weighted by molar-refractivity contribution is 7.91. The summed E-state index contributed by atoms with van der Waals surface area (Å²) in [7, 11) is -1.51. The predicted octanol–water partition coefficient (Wildman–Crippen LogP) is 2.93. The molecule has 1 heterocycles. The topological polar surface area (TPSA) is 80.8 Å². The fourth-order valence-corrected chi connectivity index (χ4v) is 5.93. The standard InChI is InChI=1S/C21H29NO5S/c1-15(20(23)22(2)19-12-13-28(25,26)14-19)27-21(24)18-10-8-17(9-11-18)16-6-4-3-5-7-16/h8-11,15-16,19H,3-7,12-14H2,1-2H3/t15-,19-/m1/s1. The molecule has 1 saturated carbocycles. The lowest BCUT2D eigenvalue weighted by molar-refractivity contribution is -0.140. The molecule has 0 radical (unpaired) electrons. The minimum Gasteiger partial charge on any atom is -0.449 e. The summed E-state index contributed by atoms with van der Waals surface area (Å²) < 4.78 is 28.6. The molecular weight excluding hydrogens is 378 g/mol. The third kappa shape index (κ3) is 4.93. The van der Waals surface area contributed by atoms with E-state index >= 15 is 0 Å². The maximum atomic E-state index is 12.5. The second kappa shape index (κ2) is 8.64. The van der Waals surface area contributed by atoms with E-state index in [4.69, 9.17) is 4.74 Å². The van der Waals surface area contributed by atoms with Gasteiger partial charge in [-0.3, -0.25) is 4.79 Å². The molecule has 0 unspecified atom stereocenters. The Hall–Kier alpha value is -1.89. The van der Waals surface area contributed by atoms with Crippen LogP contribution in [0.1, 0.15) is 67.3 Å². The molecule has 1 aromatic carbocycles. The van der Waals surface area contributed by atoms with Crippen molar-refractivity contribution in [1.82, 2.24) is 4.90 Å². The predicted molar refractivity (Wildman–Crippen MR) is 107 cm³/mol. The van der Waals surface area contributed by atoms with E-state index in [0.717, 1.165) is 0 Å². The SMILES string of the molecule is C[C@@H](OC(=O)c1ccc(C2CCCCC2)cc1)C(=O)N(C)[C@@H]1CCS(=O)(=O)C1. The molecule has 0 bridgehead atoms. The summed E-state index contributed by atoms with van der Waals surface area (Å²) in [6.07, 6.45) is 5.66. The lowest BCUT2D eigenvalue weighted by Crippen LogP contribution is -2.44. The molecular formula is C21H29NO5S. The first kappa shape index (κ1) is 20.8. The van der Waals surface area contributed by atoms with Gasteiger partial charge < -0.3 is 9.64 Å². The lowest BCUT2D eigenvalue weighted by Gasteiger charge is -2.26. The number of carbonyl (C=O) groups is 2. The van der Waals surface area contributed by atoms with E-state index < -0.39 is 21.9 Å². The van der Waals surface area contributed by atoms with E-state index in [9.17, 15) is 18.0 Å². The zero-order valence-electron chi connectivity index (χ0n) is 16.6. The van der Waals surface area contributed by atoms with E-state index in [1.807, 2.05) is 12.1 Å². The van der Waals surface area contributed by atoms with Crippen molar-refractivity contribution in [2.45, 2.75) is 63.5 Å². The van der Waals surface area contributed by atoms with E-state index in [0.29, 0.717) is 17.9 Å². The van der Waals surface area contributed by atoms with Crippen molar-refractivity contribution in [3.8, 4) is 0 Å². The van der Waals surface area contributed by atoms with Crippen LogP contribution in [0.25, 0.3) is 0 Å². The van der Waals surface area contributed by atoms with Crippen LogP contribution in [0, 0.1) is 0 Å². The third-order valence-corrected chi connectivity index (χ3v) is 7.71. The number of sulfone groups is 1. The maximum absolute atomic E-state index is 12.5. The molecule has 2 atom stereocenters. The Morgan fingerprint density at radius 3 is 2.29 bits per heavy atom. The normalized spacial score (nSPS) is 23.1. The highest BCUT2D eigenvalue weighted by atomic mass is 32.2. The van der Waals surface area contributed by atoms with Gasteiger partial charge >= 0.3 is 5.97 Å². The van der Waals surface area contributed by atoms with Crippen LogP contribution < -0.4 is 0 Å². The minimum absolute atomic E-state index is 0.0292. The summed E-state index contributed by atoms with van der Waals surface area (Å²) >= 11 is 0. The van der Waals surface area contributed by atoms with Gasteiger partial charge in [0.1, 0.15) is 0 Å². The third-order valence-electron chi connectivity index (χ3n) is 5.96. The van der Waals surface area contributed by atoms with Crippen molar-refractivity contribution >= 4 is 21.7 Å². The molecule has 7 heteroatoms. The summed E-state index contributed by atoms with van der Waals surface area (Å²) in [6, 6.07) is 7.13. The molecule has 28 heavy (non-hydrogen) atoms. The molecule has 1 amide bonds. The first-order valence-corrected chi connectivity index (χ1v) is 11.9. The Bertz CT molecular complexity index is 812. The summed E-state index contributed by atoms with van der Waals surface area (Å²) in [6.45, 7) is 1.52. The van der Waals surface area contributed by atoms with Crippen LogP contribution in [0.5, 0.6) is 0 Å². The van der Waals surface area contributed by atoms with E-state index in [2.05, 4.69) is 0 Å². The van der Waals surface area contributed by atoms with E-state index in [-0.39, 0.29) is 23.5 Å². The monoisotopic (exact) mass is 407 g/mol. The fourth-order valence-electron chi connectivity index (χ4n) is 4.15. The number of nitrogens with zero attached hydrogens (tertiary/aromatic N) is 1. The van der Waals surface area contributed by atoms with Gasteiger partial charge in [-0.25, -0.2) is 13.2 Å². The molecule has 0 N–H and O–H groups in total. The number of carbonyl (C=O) groups excluding carboxylic acids is 2. The number of benzene rings is 1. The van der Waals surface area contributed by atoms with Crippen LogP contribution >= 0.6 is 0 Å². The van der Waals surface area contributed by atoms with Gasteiger partial charge in [0.05, 0.1) is 17.1 Å². The van der Waals surface area contributed by atoms with Crippen molar-refractivity contribution in [3.63, 3.8) is 0 Å². The van der Waals surface area contributed by atoms with Crippen LogP contribution in [0.15, 0.2) is 24.3 Å². The number of esters is 1. The van der Waals surface area contributed by atoms with E-state index in [1.54, 1.807) is 19.2 Å². The summed E-state index contributed by atoms with van der Waals surface area (Å²) in [4.78, 5) is 26.3. The minimum atomic E-state index is -3.08. The molecule has 154 valence electrons. The van der Waals surface area contributed by atoms with Crippen molar-refractivity contribution < 1.29 is 22.7 Å². The molecule has 1 saturated heterocycles. The lowest BCUT2D eigenvalue weighted by atomic mass is 9.84. The molecule has 0 aromatic heterocycles. The van der Waals surface area contributed by atoms with Crippen LogP contribution in [-0.4, -0.2) is 55.9 Å². The van der Waals surface area contributed by atoms with Gasteiger partial charge in [0, 0.05) is 13.1 Å². The first-order valence-electron chi connectivity index (χ1n) is 10.0. The Kier molecular flexibility index (Phi) is 6.43. The molecule has 0 spiro atoms. The summed E-state index contributed by atoms with van der Waals surface area (Å²) in [5.74, 6) is -0.288. The van der Waals surface area contributed by atoms with Gasteiger partial charge in [0.15, 0.2) is 15.9 Å². The smallest absolute Gasteiger partial charge is 0.338 e. The molecule has 3 rings (SSSR count). The molecule has 6 nitrogen and oxygen atoms in total. The molecule has 2 aliphatic rings. The first-order chi connectivity index (χ1) is 13.3. The molecule has 1 aliphatic carbocycles. The Balaban J connectivity index is 1.56. The quantitative estimate of drug-likeness (QED) is 0.701. The van der Waals surface area contributed by atoms with Gasteiger partial charge in [-0.1, -0.05) is 31.4 Å². The second-order valence-corrected chi connectivity index (χ2v) is 10.2. The van der Waals surface area contributed by atoms with Gasteiger partial charge in [-0.2, -0.15) is 0 Å². The van der Waals surface area contributed by atoms with Crippen LogP contribution in [0.3, 0.4) is 0 Å². The van der Waals surface area contributed by atoms with Crippen LogP contribution in [-0.2, 0) is 19.4 Å². The Morgan fingerprint density at radius 2 is 1.71 bits per heavy atom. The Labute approximate surface area is 167 Å². The van der Waals surface area contributed by atoms with Gasteiger partial charge in [-0.15, -0.1) is 0 Å². The second-order valence-electron chi connectivity index (χ2n) is 8.01. The highest BCUT2D eigenvalue weighted by Crippen LogP contribution is 2.32.